The van der Waals surface area contributed by atoms with E-state index in [2.05, 4.69) is 20.7 Å². The number of rotatable bonds is 5. The Balaban J connectivity index is 1.52. The fraction of sp³-hybridized carbons (Fsp3) is 0.286. The molecule has 25 heavy (non-hydrogen) atoms. The highest BCUT2D eigenvalue weighted by Crippen LogP contribution is 2.16. The molecule has 1 fully saturated rings. The van der Waals surface area contributed by atoms with E-state index in [1.54, 1.807) is 24.3 Å². The van der Waals surface area contributed by atoms with Crippen LogP contribution >= 0.6 is 11.6 Å². The fourth-order valence-electron chi connectivity index (χ4n) is 2.12. The highest BCUT2D eigenvalue weighted by molar-refractivity contribution is 6.30. The second-order valence-electron chi connectivity index (χ2n) is 5.09. The van der Waals surface area contributed by atoms with Gasteiger partial charge in [-0.15, -0.1) is 10.2 Å². The van der Waals surface area contributed by atoms with E-state index in [0.717, 1.165) is 9.70 Å². The van der Waals surface area contributed by atoms with Crippen molar-refractivity contribution in [3.8, 4) is 11.4 Å². The quantitative estimate of drug-likeness (QED) is 0.746. The zero-order valence-corrected chi connectivity index (χ0v) is 13.6. The monoisotopic (exact) mass is 364 g/mol. The number of carbonyl (C=O) groups excluding carboxylic acids is 3. The van der Waals surface area contributed by atoms with Gasteiger partial charge in [-0.2, -0.15) is 4.80 Å². The van der Waals surface area contributed by atoms with Gasteiger partial charge in [0.2, 0.25) is 5.82 Å². The first-order valence-electron chi connectivity index (χ1n) is 7.30. The first-order valence-corrected chi connectivity index (χ1v) is 7.68. The van der Waals surface area contributed by atoms with Crippen LogP contribution in [0.1, 0.15) is 0 Å². The minimum absolute atomic E-state index is 0.254. The predicted molar refractivity (Wildman–Crippen MR) is 84.3 cm³/mol. The van der Waals surface area contributed by atoms with Gasteiger partial charge in [-0.05, 0) is 29.5 Å². The van der Waals surface area contributed by atoms with Crippen molar-refractivity contribution in [3.05, 3.63) is 29.3 Å². The van der Waals surface area contributed by atoms with E-state index in [-0.39, 0.29) is 13.1 Å². The maximum absolute atomic E-state index is 11.8. The van der Waals surface area contributed by atoms with E-state index in [9.17, 15) is 14.4 Å². The molecular formula is C14H13ClN6O4. The molecule has 0 aliphatic carbocycles. The lowest BCUT2D eigenvalue weighted by Gasteiger charge is -2.11. The molecule has 0 bridgehead atoms. The third kappa shape index (κ3) is 4.10. The van der Waals surface area contributed by atoms with E-state index in [1.165, 1.54) is 0 Å². The molecule has 2 aromatic rings. The largest absolute Gasteiger partial charge is 0.454 e. The van der Waals surface area contributed by atoms with Crippen molar-refractivity contribution in [1.29, 1.82) is 0 Å². The minimum Gasteiger partial charge on any atom is -0.454 e. The molecule has 10 nitrogen and oxygen atoms in total. The van der Waals surface area contributed by atoms with Crippen LogP contribution in [0, 0.1) is 0 Å². The Morgan fingerprint density at radius 2 is 2.04 bits per heavy atom. The lowest BCUT2D eigenvalue weighted by Crippen LogP contribution is -2.37. The number of aromatic nitrogens is 4. The summed E-state index contributed by atoms with van der Waals surface area (Å²) < 4.78 is 4.84. The fourth-order valence-corrected chi connectivity index (χ4v) is 2.24. The summed E-state index contributed by atoms with van der Waals surface area (Å²) in [6.45, 7) is -0.190. The number of halogens is 1. The van der Waals surface area contributed by atoms with Gasteiger partial charge in [0, 0.05) is 23.7 Å². The smallest absolute Gasteiger partial charge is 0.330 e. The Hall–Kier alpha value is -3.01. The zero-order chi connectivity index (χ0) is 17.8. The summed E-state index contributed by atoms with van der Waals surface area (Å²) in [6, 6.07) is 6.33. The number of amides is 3. The summed E-state index contributed by atoms with van der Waals surface area (Å²) in [7, 11) is 0. The molecule has 0 spiro atoms. The number of nitrogens with zero attached hydrogens (tertiary/aromatic N) is 5. The van der Waals surface area contributed by atoms with E-state index < -0.39 is 24.5 Å². The summed E-state index contributed by atoms with van der Waals surface area (Å²) in [5.74, 6) is -0.973. The molecule has 1 aliphatic heterocycles. The van der Waals surface area contributed by atoms with Crippen LogP contribution in [-0.4, -0.2) is 62.7 Å². The molecule has 130 valence electrons. The van der Waals surface area contributed by atoms with Crippen LogP contribution in [0.2, 0.25) is 5.02 Å². The first kappa shape index (κ1) is 16.8. The van der Waals surface area contributed by atoms with Crippen LogP contribution in [0.25, 0.3) is 11.4 Å². The van der Waals surface area contributed by atoms with E-state index in [1.807, 2.05) is 0 Å². The first-order chi connectivity index (χ1) is 12.0. The van der Waals surface area contributed by atoms with Gasteiger partial charge in [0.05, 0.1) is 0 Å². The zero-order valence-electron chi connectivity index (χ0n) is 12.9. The van der Waals surface area contributed by atoms with E-state index in [4.69, 9.17) is 16.3 Å². The number of tetrazole rings is 1. The molecule has 1 aliphatic rings. The molecule has 0 atom stereocenters. The van der Waals surface area contributed by atoms with Crippen molar-refractivity contribution in [2.24, 2.45) is 0 Å². The Bertz CT molecular complexity index is 806. The lowest BCUT2D eigenvalue weighted by molar-refractivity contribution is -0.151. The lowest BCUT2D eigenvalue weighted by atomic mass is 10.2. The summed E-state index contributed by atoms with van der Waals surface area (Å²) in [5.41, 5.74) is 0.694. The van der Waals surface area contributed by atoms with Crippen LogP contribution < -0.4 is 5.32 Å². The van der Waals surface area contributed by atoms with E-state index >= 15 is 0 Å². The predicted octanol–water partition coefficient (Wildman–Crippen LogP) is 0.0885. The van der Waals surface area contributed by atoms with Gasteiger partial charge in [0.25, 0.3) is 5.91 Å². The number of hydrogen-bond acceptors (Lipinski definition) is 7. The van der Waals surface area contributed by atoms with Crippen LogP contribution in [0.4, 0.5) is 4.79 Å². The Morgan fingerprint density at radius 3 is 2.72 bits per heavy atom. The van der Waals surface area contributed by atoms with Gasteiger partial charge in [-0.3, -0.25) is 9.69 Å². The molecule has 1 saturated heterocycles. The summed E-state index contributed by atoms with van der Waals surface area (Å²) in [4.78, 5) is 36.9. The second kappa shape index (κ2) is 7.26. The van der Waals surface area contributed by atoms with Crippen molar-refractivity contribution < 1.29 is 19.1 Å². The van der Waals surface area contributed by atoms with Crippen LogP contribution in [0.5, 0.6) is 0 Å². The molecule has 3 rings (SSSR count). The van der Waals surface area contributed by atoms with Gasteiger partial charge in [-0.25, -0.2) is 9.59 Å². The number of imide groups is 1. The Morgan fingerprint density at radius 1 is 1.28 bits per heavy atom. The molecule has 3 amide bonds. The van der Waals surface area contributed by atoms with Gasteiger partial charge < -0.3 is 10.1 Å². The number of hydrogen-bond donors (Lipinski definition) is 1. The van der Waals surface area contributed by atoms with Crippen LogP contribution in [0.15, 0.2) is 24.3 Å². The van der Waals surface area contributed by atoms with Gasteiger partial charge in [0.15, 0.2) is 13.2 Å². The van der Waals surface area contributed by atoms with Gasteiger partial charge >= 0.3 is 12.0 Å². The van der Waals surface area contributed by atoms with Crippen molar-refractivity contribution >= 4 is 29.5 Å². The van der Waals surface area contributed by atoms with Crippen molar-refractivity contribution in [2.45, 2.75) is 6.54 Å². The second-order valence-corrected chi connectivity index (χ2v) is 5.52. The molecular weight excluding hydrogens is 352 g/mol. The average Bonchev–Trinajstić information content (AvgIpc) is 3.22. The van der Waals surface area contributed by atoms with Crippen molar-refractivity contribution in [3.63, 3.8) is 0 Å². The Kier molecular flexibility index (Phi) is 4.89. The molecule has 0 saturated carbocycles. The summed E-state index contributed by atoms with van der Waals surface area (Å²) in [5, 5.41) is 14.7. The summed E-state index contributed by atoms with van der Waals surface area (Å²) >= 11 is 5.81. The molecule has 1 N–H and O–H groups in total. The number of urea groups is 1. The van der Waals surface area contributed by atoms with E-state index in [0.29, 0.717) is 23.0 Å². The standard InChI is InChI=1S/C14H13ClN6O4/c15-10-3-1-9(2-4-10)13-17-19-21(18-13)7-12(23)25-8-11(22)20-6-5-16-14(20)24/h1-4H,5-8H2,(H,16,24). The highest BCUT2D eigenvalue weighted by Gasteiger charge is 2.26. The summed E-state index contributed by atoms with van der Waals surface area (Å²) in [6.07, 6.45) is 0. The van der Waals surface area contributed by atoms with Crippen molar-refractivity contribution in [1.82, 2.24) is 30.4 Å². The number of benzene rings is 1. The topological polar surface area (TPSA) is 119 Å². The number of carbonyl (C=O) groups is 3. The third-order valence-corrected chi connectivity index (χ3v) is 3.59. The normalized spacial score (nSPS) is 13.6. The number of ether oxygens (including phenoxy) is 1. The van der Waals surface area contributed by atoms with Gasteiger partial charge in [0.1, 0.15) is 0 Å². The number of nitrogens with one attached hydrogen (secondary N) is 1. The van der Waals surface area contributed by atoms with Crippen molar-refractivity contribution in [2.75, 3.05) is 19.7 Å². The van der Waals surface area contributed by atoms with Gasteiger partial charge in [-0.1, -0.05) is 11.6 Å². The Labute approximate surface area is 146 Å². The minimum atomic E-state index is -0.715. The highest BCUT2D eigenvalue weighted by atomic mass is 35.5. The average molecular weight is 365 g/mol. The molecule has 1 aromatic carbocycles. The van der Waals surface area contributed by atoms with Crippen LogP contribution in [-0.2, 0) is 20.9 Å². The molecule has 0 unspecified atom stereocenters. The molecule has 11 heteroatoms. The molecule has 0 radical (unpaired) electrons. The third-order valence-electron chi connectivity index (χ3n) is 3.34. The van der Waals surface area contributed by atoms with Crippen LogP contribution in [0.3, 0.4) is 0 Å². The molecule has 1 aromatic heterocycles. The SMILES string of the molecule is O=C(Cn1nnc(-c2ccc(Cl)cc2)n1)OCC(=O)N1CCNC1=O. The number of esters is 1. The molecule has 2 heterocycles. The maximum atomic E-state index is 11.8. The maximum Gasteiger partial charge on any atom is 0.330 e.